The predicted molar refractivity (Wildman–Crippen MR) is 105 cm³/mol. The van der Waals surface area contributed by atoms with E-state index in [1.165, 1.54) is 21.9 Å². The monoisotopic (exact) mass is 329 g/mol. The Labute approximate surface area is 149 Å². The minimum absolute atomic E-state index is 0.0409. The third-order valence-electron chi connectivity index (χ3n) is 4.47. The average molecular weight is 329 g/mol. The third kappa shape index (κ3) is 4.16. The van der Waals surface area contributed by atoms with Gasteiger partial charge in [-0.2, -0.15) is 0 Å². The molecule has 0 radical (unpaired) electrons. The molecule has 0 bridgehead atoms. The first kappa shape index (κ1) is 17.0. The Balaban J connectivity index is 1.69. The zero-order valence-corrected chi connectivity index (χ0v) is 14.9. The van der Waals surface area contributed by atoms with Gasteiger partial charge >= 0.3 is 0 Å². The van der Waals surface area contributed by atoms with E-state index >= 15 is 0 Å². The van der Waals surface area contributed by atoms with Gasteiger partial charge in [0.1, 0.15) is 0 Å². The van der Waals surface area contributed by atoms with E-state index in [0.717, 1.165) is 11.1 Å². The van der Waals surface area contributed by atoms with Crippen LogP contribution in [0.1, 0.15) is 35.2 Å². The summed E-state index contributed by atoms with van der Waals surface area (Å²) in [6.07, 6.45) is 3.48. The van der Waals surface area contributed by atoms with Gasteiger partial charge in [0, 0.05) is 6.08 Å². The maximum Gasteiger partial charge on any atom is 0.244 e. The van der Waals surface area contributed by atoms with Crippen LogP contribution in [0.2, 0.25) is 0 Å². The van der Waals surface area contributed by atoms with Crippen LogP contribution in [-0.2, 0) is 4.79 Å². The van der Waals surface area contributed by atoms with Gasteiger partial charge in [0.05, 0.1) is 6.04 Å². The third-order valence-corrected chi connectivity index (χ3v) is 4.47. The summed E-state index contributed by atoms with van der Waals surface area (Å²) >= 11 is 0. The van der Waals surface area contributed by atoms with Crippen LogP contribution in [-0.4, -0.2) is 5.91 Å². The van der Waals surface area contributed by atoms with Gasteiger partial charge in [0.15, 0.2) is 0 Å². The molecule has 0 aliphatic carbocycles. The smallest absolute Gasteiger partial charge is 0.244 e. The lowest BCUT2D eigenvalue weighted by Gasteiger charge is -2.14. The van der Waals surface area contributed by atoms with E-state index in [2.05, 4.69) is 61.6 Å². The highest BCUT2D eigenvalue weighted by molar-refractivity contribution is 5.92. The number of amides is 1. The molecule has 0 fully saturated rings. The van der Waals surface area contributed by atoms with E-state index in [1.807, 2.05) is 31.2 Å². The Hall–Kier alpha value is -2.87. The van der Waals surface area contributed by atoms with Gasteiger partial charge < -0.3 is 5.32 Å². The molecule has 3 aromatic rings. The number of benzene rings is 3. The molecule has 126 valence electrons. The maximum atomic E-state index is 12.2. The Morgan fingerprint density at radius 3 is 2.48 bits per heavy atom. The number of hydrogen-bond acceptors (Lipinski definition) is 1. The van der Waals surface area contributed by atoms with E-state index in [-0.39, 0.29) is 11.9 Å². The van der Waals surface area contributed by atoms with Crippen molar-refractivity contribution in [3.8, 4) is 0 Å². The molecule has 0 saturated heterocycles. The van der Waals surface area contributed by atoms with Crippen molar-refractivity contribution in [2.45, 2.75) is 26.8 Å². The summed E-state index contributed by atoms with van der Waals surface area (Å²) in [7, 11) is 0. The van der Waals surface area contributed by atoms with Gasteiger partial charge in [-0.25, -0.2) is 0 Å². The van der Waals surface area contributed by atoms with E-state index in [1.54, 1.807) is 6.08 Å². The highest BCUT2D eigenvalue weighted by Crippen LogP contribution is 2.20. The quantitative estimate of drug-likeness (QED) is 0.643. The molecule has 0 aliphatic heterocycles. The zero-order valence-electron chi connectivity index (χ0n) is 14.9. The van der Waals surface area contributed by atoms with Crippen molar-refractivity contribution in [1.29, 1.82) is 0 Å². The molecule has 0 aromatic heterocycles. The summed E-state index contributed by atoms with van der Waals surface area (Å²) in [4.78, 5) is 12.2. The summed E-state index contributed by atoms with van der Waals surface area (Å²) in [5.41, 5.74) is 4.57. The fourth-order valence-corrected chi connectivity index (χ4v) is 3.00. The minimum atomic E-state index is -0.0827. The number of carbonyl (C=O) groups is 1. The number of fused-ring (bicyclic) bond motifs is 1. The topological polar surface area (TPSA) is 29.1 Å². The van der Waals surface area contributed by atoms with Gasteiger partial charge in [-0.15, -0.1) is 0 Å². The van der Waals surface area contributed by atoms with Crippen LogP contribution in [0, 0.1) is 13.8 Å². The summed E-state index contributed by atoms with van der Waals surface area (Å²) in [5.74, 6) is -0.0827. The van der Waals surface area contributed by atoms with E-state index < -0.39 is 0 Å². The summed E-state index contributed by atoms with van der Waals surface area (Å²) in [5, 5.41) is 5.43. The van der Waals surface area contributed by atoms with Crippen molar-refractivity contribution < 1.29 is 4.79 Å². The first-order valence-corrected chi connectivity index (χ1v) is 8.57. The second kappa shape index (κ2) is 7.35. The second-order valence-electron chi connectivity index (χ2n) is 6.53. The van der Waals surface area contributed by atoms with Crippen molar-refractivity contribution in [3.05, 3.63) is 89.0 Å². The van der Waals surface area contributed by atoms with Crippen LogP contribution < -0.4 is 5.32 Å². The second-order valence-corrected chi connectivity index (χ2v) is 6.53. The first-order valence-electron chi connectivity index (χ1n) is 8.57. The van der Waals surface area contributed by atoms with Crippen LogP contribution in [0.4, 0.5) is 0 Å². The molecule has 0 spiro atoms. The van der Waals surface area contributed by atoms with Crippen LogP contribution in [0.15, 0.2) is 66.7 Å². The van der Waals surface area contributed by atoms with Crippen LogP contribution in [0.25, 0.3) is 16.8 Å². The molecule has 0 aliphatic rings. The molecule has 1 amide bonds. The largest absolute Gasteiger partial charge is 0.346 e. The lowest BCUT2D eigenvalue weighted by molar-refractivity contribution is -0.117. The highest BCUT2D eigenvalue weighted by atomic mass is 16.1. The summed E-state index contributed by atoms with van der Waals surface area (Å²) in [6, 6.07) is 20.7. The summed E-state index contributed by atoms with van der Waals surface area (Å²) in [6.45, 7) is 6.13. The number of nitrogens with one attached hydrogen (secondary N) is 1. The Morgan fingerprint density at radius 2 is 1.72 bits per heavy atom. The Kier molecular flexibility index (Phi) is 4.99. The molecular weight excluding hydrogens is 306 g/mol. The Morgan fingerprint density at radius 1 is 0.960 bits per heavy atom. The SMILES string of the molecule is Cc1ccc(/C=C/C(=O)N[C@@H](C)c2ccc3ccccc3c2)c(C)c1. The molecular formula is C23H23NO. The molecule has 2 heteroatoms. The van der Waals surface area contributed by atoms with E-state index in [0.29, 0.717) is 0 Å². The molecule has 1 atom stereocenters. The molecule has 0 heterocycles. The van der Waals surface area contributed by atoms with Crippen LogP contribution >= 0.6 is 0 Å². The van der Waals surface area contributed by atoms with Crippen LogP contribution in [0.5, 0.6) is 0 Å². The number of carbonyl (C=O) groups excluding carboxylic acids is 1. The standard InChI is InChI=1S/C23H23NO/c1-16-8-9-19(17(2)14-16)12-13-23(25)24-18(3)21-11-10-20-6-4-5-7-22(20)15-21/h4-15,18H,1-3H3,(H,24,25)/b13-12+/t18-/m0/s1. The maximum absolute atomic E-state index is 12.2. The fourth-order valence-electron chi connectivity index (χ4n) is 3.00. The fraction of sp³-hybridized carbons (Fsp3) is 0.174. The molecule has 1 N–H and O–H groups in total. The van der Waals surface area contributed by atoms with Crippen molar-refractivity contribution in [2.75, 3.05) is 0 Å². The van der Waals surface area contributed by atoms with Crippen molar-refractivity contribution in [2.24, 2.45) is 0 Å². The Bertz CT molecular complexity index is 940. The number of hydrogen-bond donors (Lipinski definition) is 1. The first-order chi connectivity index (χ1) is 12.0. The zero-order chi connectivity index (χ0) is 17.8. The van der Waals surface area contributed by atoms with Crippen molar-refractivity contribution >= 4 is 22.8 Å². The number of rotatable bonds is 4. The van der Waals surface area contributed by atoms with Gasteiger partial charge in [-0.05, 0) is 60.4 Å². The molecule has 0 saturated carbocycles. The average Bonchev–Trinajstić information content (AvgIpc) is 2.60. The van der Waals surface area contributed by atoms with E-state index in [4.69, 9.17) is 0 Å². The molecule has 2 nitrogen and oxygen atoms in total. The molecule has 3 rings (SSSR count). The normalized spacial score (nSPS) is 12.4. The molecule has 25 heavy (non-hydrogen) atoms. The lowest BCUT2D eigenvalue weighted by Crippen LogP contribution is -2.24. The van der Waals surface area contributed by atoms with Crippen molar-refractivity contribution in [3.63, 3.8) is 0 Å². The van der Waals surface area contributed by atoms with Gasteiger partial charge in [-0.1, -0.05) is 60.2 Å². The molecule has 0 unspecified atom stereocenters. The highest BCUT2D eigenvalue weighted by Gasteiger charge is 2.08. The number of aryl methyl sites for hydroxylation is 2. The van der Waals surface area contributed by atoms with Gasteiger partial charge in [-0.3, -0.25) is 4.79 Å². The van der Waals surface area contributed by atoms with Gasteiger partial charge in [0.2, 0.25) is 5.91 Å². The summed E-state index contributed by atoms with van der Waals surface area (Å²) < 4.78 is 0. The predicted octanol–water partition coefficient (Wildman–Crippen LogP) is 5.35. The van der Waals surface area contributed by atoms with Crippen molar-refractivity contribution in [1.82, 2.24) is 5.32 Å². The molecule has 3 aromatic carbocycles. The van der Waals surface area contributed by atoms with Gasteiger partial charge in [0.25, 0.3) is 0 Å². The lowest BCUT2D eigenvalue weighted by atomic mass is 10.0. The minimum Gasteiger partial charge on any atom is -0.346 e. The van der Waals surface area contributed by atoms with Crippen LogP contribution in [0.3, 0.4) is 0 Å². The van der Waals surface area contributed by atoms with E-state index in [9.17, 15) is 4.79 Å².